The van der Waals surface area contributed by atoms with Crippen molar-refractivity contribution < 1.29 is 39.6 Å². The van der Waals surface area contributed by atoms with Gasteiger partial charge in [0.15, 0.2) is 34.0 Å². The Morgan fingerprint density at radius 2 is 0.854 bits per heavy atom. The van der Waals surface area contributed by atoms with Gasteiger partial charge >= 0.3 is 12.1 Å². The number of hydrogen-bond acceptors (Lipinski definition) is 18. The van der Waals surface area contributed by atoms with Gasteiger partial charge < -0.3 is 81.9 Å². The van der Waals surface area contributed by atoms with E-state index >= 15 is 0 Å². The minimum Gasteiger partial charge on any atom is -0.388 e. The highest BCUT2D eigenvalue weighted by Crippen LogP contribution is 2.38. The van der Waals surface area contributed by atoms with Crippen molar-refractivity contribution in [3.8, 4) is 0 Å². The Hall–Kier alpha value is -10.3. The van der Waals surface area contributed by atoms with E-state index in [4.69, 9.17) is 29.9 Å². The number of imidazole rings is 2. The van der Waals surface area contributed by atoms with Crippen molar-refractivity contribution in [3.05, 3.63) is 181 Å². The number of aliphatic hydroxyl groups is 4. The first-order valence-corrected chi connectivity index (χ1v) is 33.0. The molecule has 498 valence electrons. The van der Waals surface area contributed by atoms with E-state index in [1.54, 1.807) is 59.9 Å². The number of fused-ring (bicyclic) bond motifs is 2. The fourth-order valence-electron chi connectivity index (χ4n) is 13.8. The van der Waals surface area contributed by atoms with E-state index in [9.17, 15) is 39.6 Å². The molecule has 4 aromatic heterocycles. The number of carbonyl (C=O) groups excluding carboxylic acids is 4. The van der Waals surface area contributed by atoms with Crippen LogP contribution < -0.4 is 52.3 Å². The molecule has 4 aliphatic rings. The molecule has 2 saturated carbocycles. The average Bonchev–Trinajstić information content (AvgIpc) is 1.60. The summed E-state index contributed by atoms with van der Waals surface area (Å²) in [6.07, 6.45) is 0.404. The van der Waals surface area contributed by atoms with Crippen LogP contribution in [0.1, 0.15) is 98.5 Å². The molecule has 96 heavy (non-hydrogen) atoms. The highest BCUT2D eigenvalue weighted by atomic mass is 16.3. The second kappa shape index (κ2) is 28.7. The number of amides is 6. The van der Waals surface area contributed by atoms with Crippen molar-refractivity contribution in [1.29, 1.82) is 0 Å². The van der Waals surface area contributed by atoms with E-state index < -0.39 is 60.6 Å². The van der Waals surface area contributed by atoms with Crippen LogP contribution in [0.25, 0.3) is 22.3 Å². The lowest BCUT2D eigenvalue weighted by Gasteiger charge is -2.22. The van der Waals surface area contributed by atoms with E-state index in [0.717, 1.165) is 22.3 Å². The predicted molar refractivity (Wildman–Crippen MR) is 365 cm³/mol. The zero-order chi connectivity index (χ0) is 66.4. The number of nitrogens with one attached hydrogen (secondary N) is 8. The molecule has 0 bridgehead atoms. The number of urea groups is 2. The second-order valence-corrected chi connectivity index (χ2v) is 25.2. The number of hydrogen-bond donors (Lipinski definition) is 12. The molecule has 2 saturated heterocycles. The van der Waals surface area contributed by atoms with E-state index in [2.05, 4.69) is 91.1 Å². The Morgan fingerprint density at radius 3 is 1.22 bits per heavy atom. The summed E-state index contributed by atoms with van der Waals surface area (Å²) in [5.41, 5.74) is 7.12. The van der Waals surface area contributed by atoms with Crippen molar-refractivity contribution in [2.75, 3.05) is 70.3 Å². The van der Waals surface area contributed by atoms with Gasteiger partial charge in [-0.25, -0.2) is 19.6 Å². The zero-order valence-electron chi connectivity index (χ0n) is 53.3. The third-order valence-corrected chi connectivity index (χ3v) is 18.9. The SMILES string of the molecule is CCC(=O)N[C@H]1C[C@@H](n2cnc3c(NCC(c4ccccc4)c4ccccc4)nc(N4CC[C@@H](NC(=O)Nc5cccc(NC(=O)N[C@@H]6CCN(c7nc(NCC(c8ccccc8)c8ccccc8)c8ncn([C@@H]9C[C@H](NC(=O)CC)[C@@H](O)[C@H]9O)c8n7)C6)c5)C4)nc32)[C@H](O)[C@@H]1O. The third kappa shape index (κ3) is 14.1. The van der Waals surface area contributed by atoms with Crippen LogP contribution in [-0.2, 0) is 9.59 Å². The monoisotopic (exact) mass is 1300 g/mol. The van der Waals surface area contributed by atoms with Gasteiger partial charge in [-0.2, -0.15) is 19.9 Å². The molecule has 0 radical (unpaired) electrons. The highest BCUT2D eigenvalue weighted by molar-refractivity contribution is 5.93. The molecule has 0 unspecified atom stereocenters. The fraction of sp³-hybridized carbons (Fsp3) is 0.371. The van der Waals surface area contributed by atoms with Gasteiger partial charge in [-0.15, -0.1) is 0 Å². The van der Waals surface area contributed by atoms with Crippen LogP contribution in [0.2, 0.25) is 0 Å². The van der Waals surface area contributed by atoms with Gasteiger partial charge in [0.2, 0.25) is 23.7 Å². The minimum atomic E-state index is -1.22. The summed E-state index contributed by atoms with van der Waals surface area (Å²) < 4.78 is 3.51. The van der Waals surface area contributed by atoms with Crippen molar-refractivity contribution in [3.63, 3.8) is 0 Å². The first kappa shape index (κ1) is 64.4. The topological polar surface area (TPSA) is 339 Å². The standard InChI is InChI=1S/C70H80N18O8/c1-3-55(89)79-51-33-53(61(93)59(51)91)87-39-73-57-63(71-35-49(41-18-9-5-10-19-41)42-20-11-6-12-21-42)81-67(83-65(57)87)85-30-28-47(37-85)77-69(95)75-45-26-17-27-46(32-45)76-70(96)78-48-29-31-86(38-48)68-82-64(72-36-50(43-22-13-7-14-23-43)44-24-15-8-16-25-44)58-66(84-68)88(40-74-58)54-34-52(60(92)62(54)94)80-56(90)4-2/h5-27,32,39-40,47-54,59-62,91-94H,3-4,28-31,33-38H2,1-2H3,(H,79,89)(H,80,90)(H,71,81,83)(H,72,82,84)(H2,75,77,95)(H2,76,78,96)/t47-,48-,51+,52+,53-,54-,59-,60-,61+,62+/m1/s1. The molecule has 10 atom stereocenters. The maximum atomic E-state index is 13.8. The quantitative estimate of drug-likeness (QED) is 0.0350. The van der Waals surface area contributed by atoms with Crippen LogP contribution in [0.5, 0.6) is 0 Å². The molecule has 26 heteroatoms. The number of benzene rings is 5. The first-order valence-electron chi connectivity index (χ1n) is 33.0. The van der Waals surface area contributed by atoms with Crippen LogP contribution in [-0.4, -0.2) is 171 Å². The number of aliphatic hydroxyl groups excluding tert-OH is 4. The van der Waals surface area contributed by atoms with E-state index in [0.29, 0.717) is 109 Å². The average molecular weight is 1300 g/mol. The number of aromatic nitrogens is 8. The van der Waals surface area contributed by atoms with Gasteiger partial charge in [0, 0.05) is 87.4 Å². The minimum absolute atomic E-state index is 0.0570. The third-order valence-electron chi connectivity index (χ3n) is 18.9. The first-order chi connectivity index (χ1) is 46.7. The summed E-state index contributed by atoms with van der Waals surface area (Å²) in [4.78, 5) is 86.2. The lowest BCUT2D eigenvalue weighted by Crippen LogP contribution is -2.42. The summed E-state index contributed by atoms with van der Waals surface area (Å²) in [5.74, 6) is 1.12. The van der Waals surface area contributed by atoms with Crippen molar-refractivity contribution in [1.82, 2.24) is 60.3 Å². The van der Waals surface area contributed by atoms with Crippen molar-refractivity contribution in [2.45, 2.75) is 125 Å². The van der Waals surface area contributed by atoms with Gasteiger partial charge in [0.05, 0.1) is 36.8 Å². The summed E-state index contributed by atoms with van der Waals surface area (Å²) in [6, 6.07) is 43.4. The Kier molecular flexibility index (Phi) is 19.3. The normalized spacial score (nSPS) is 22.4. The molecule has 26 nitrogen and oxygen atoms in total. The molecular formula is C70H80N18O8. The smallest absolute Gasteiger partial charge is 0.319 e. The van der Waals surface area contributed by atoms with Gasteiger partial charge in [-0.3, -0.25) is 9.59 Å². The summed E-state index contributed by atoms with van der Waals surface area (Å²) >= 11 is 0. The lowest BCUT2D eigenvalue weighted by molar-refractivity contribution is -0.123. The Bertz CT molecular complexity index is 3850. The van der Waals surface area contributed by atoms with Crippen LogP contribution >= 0.6 is 0 Å². The Morgan fingerprint density at radius 1 is 0.479 bits per heavy atom. The molecule has 6 amide bonds. The molecule has 5 aromatic carbocycles. The molecule has 2 aliphatic heterocycles. The number of carbonyl (C=O) groups is 4. The maximum Gasteiger partial charge on any atom is 0.319 e. The van der Waals surface area contributed by atoms with Gasteiger partial charge in [-0.05, 0) is 66.1 Å². The van der Waals surface area contributed by atoms with Crippen molar-refractivity contribution in [2.24, 2.45) is 0 Å². The molecular weight excluding hydrogens is 1220 g/mol. The number of nitrogens with zero attached hydrogens (tertiary/aromatic N) is 10. The van der Waals surface area contributed by atoms with Gasteiger partial charge in [0.1, 0.15) is 24.4 Å². The maximum absolute atomic E-state index is 13.8. The summed E-state index contributed by atoms with van der Waals surface area (Å²) in [7, 11) is 0. The zero-order valence-corrected chi connectivity index (χ0v) is 53.3. The molecule has 0 spiro atoms. The van der Waals surface area contributed by atoms with Crippen LogP contribution in [0, 0.1) is 0 Å². The molecule has 12 N–H and O–H groups in total. The van der Waals surface area contributed by atoms with Crippen molar-refractivity contribution >= 4 is 81.1 Å². The Labute approximate surface area is 554 Å². The molecule has 6 heterocycles. The molecule has 4 fully saturated rings. The Balaban J connectivity index is 0.667. The van der Waals surface area contributed by atoms with E-state index in [1.165, 1.54) is 0 Å². The fourth-order valence-corrected chi connectivity index (χ4v) is 13.8. The van der Waals surface area contributed by atoms with Crippen LogP contribution in [0.4, 0.5) is 44.5 Å². The van der Waals surface area contributed by atoms with E-state index in [1.807, 2.05) is 82.6 Å². The number of anilines is 6. The molecule has 9 aromatic rings. The van der Waals surface area contributed by atoms with Crippen LogP contribution in [0.15, 0.2) is 158 Å². The summed E-state index contributed by atoms with van der Waals surface area (Å²) in [6.45, 7) is 6.10. The van der Waals surface area contributed by atoms with Gasteiger partial charge in [0.25, 0.3) is 0 Å². The van der Waals surface area contributed by atoms with E-state index in [-0.39, 0.29) is 61.4 Å². The lowest BCUT2D eigenvalue weighted by atomic mass is 9.91. The van der Waals surface area contributed by atoms with Crippen LogP contribution in [0.3, 0.4) is 0 Å². The molecule has 2 aliphatic carbocycles. The molecule has 13 rings (SSSR count). The summed E-state index contributed by atoms with van der Waals surface area (Å²) in [5, 5.41) is 70.1. The predicted octanol–water partition coefficient (Wildman–Crippen LogP) is 6.38. The van der Waals surface area contributed by atoms with Gasteiger partial charge in [-0.1, -0.05) is 141 Å². The number of rotatable bonds is 22. The highest BCUT2D eigenvalue weighted by Gasteiger charge is 2.46. The second-order valence-electron chi connectivity index (χ2n) is 25.2. The largest absolute Gasteiger partial charge is 0.388 e.